The number of nitrogens with zero attached hydrogens (tertiary/aromatic N) is 1. The molecule has 0 aliphatic rings. The van der Waals surface area contributed by atoms with Gasteiger partial charge in [0.15, 0.2) is 11.5 Å². The maximum atomic E-state index is 10.1. The second-order valence-electron chi connectivity index (χ2n) is 4.73. The summed E-state index contributed by atoms with van der Waals surface area (Å²) in [6.07, 6.45) is 2.51. The molecule has 112 valence electrons. The van der Waals surface area contributed by atoms with E-state index < -0.39 is 6.10 Å². The Morgan fingerprint density at radius 1 is 1.19 bits per heavy atom. The largest absolute Gasteiger partial charge is 0.493 e. The molecule has 0 bridgehead atoms. The van der Waals surface area contributed by atoms with Crippen LogP contribution in [0.5, 0.6) is 11.5 Å². The first-order valence-corrected chi connectivity index (χ1v) is 7.13. The molecule has 0 saturated heterocycles. The summed E-state index contributed by atoms with van der Waals surface area (Å²) in [5.41, 5.74) is 1.81. The minimum atomic E-state index is -0.552. The molecule has 1 heterocycles. The molecule has 0 radical (unpaired) electrons. The number of aromatic nitrogens is 1. The van der Waals surface area contributed by atoms with Crippen LogP contribution in [0, 0.1) is 0 Å². The van der Waals surface area contributed by atoms with Crippen molar-refractivity contribution in [2.75, 3.05) is 13.7 Å². The minimum Gasteiger partial charge on any atom is -0.493 e. The smallest absolute Gasteiger partial charge is 0.161 e. The molecule has 2 aromatic rings. The third-order valence-corrected chi connectivity index (χ3v) is 3.26. The zero-order valence-electron chi connectivity index (χ0n) is 12.5. The molecular weight excluding hydrogens is 266 g/mol. The van der Waals surface area contributed by atoms with Gasteiger partial charge >= 0.3 is 0 Å². The number of benzene rings is 1. The predicted molar refractivity (Wildman–Crippen MR) is 81.7 cm³/mol. The summed E-state index contributed by atoms with van der Waals surface area (Å²) in [6.45, 7) is 2.54. The number of aliphatic hydroxyl groups is 1. The summed E-state index contributed by atoms with van der Waals surface area (Å²) in [4.78, 5) is 4.17. The Balaban J connectivity index is 2.01. The topological polar surface area (TPSA) is 51.6 Å². The van der Waals surface area contributed by atoms with E-state index in [-0.39, 0.29) is 0 Å². The number of hydrogen-bond donors (Lipinski definition) is 1. The maximum Gasteiger partial charge on any atom is 0.161 e. The fourth-order valence-electron chi connectivity index (χ4n) is 2.17. The van der Waals surface area contributed by atoms with Crippen molar-refractivity contribution in [1.29, 1.82) is 0 Å². The quantitative estimate of drug-likeness (QED) is 0.850. The van der Waals surface area contributed by atoms with E-state index >= 15 is 0 Å². The normalized spacial score (nSPS) is 12.0. The van der Waals surface area contributed by atoms with Gasteiger partial charge in [-0.05, 0) is 49.6 Å². The van der Waals surface area contributed by atoms with Crippen LogP contribution in [0.3, 0.4) is 0 Å². The second-order valence-corrected chi connectivity index (χ2v) is 4.73. The van der Waals surface area contributed by atoms with E-state index in [0.29, 0.717) is 18.7 Å². The molecule has 0 spiro atoms. The highest BCUT2D eigenvalue weighted by atomic mass is 16.5. The summed E-state index contributed by atoms with van der Waals surface area (Å²) < 4.78 is 10.8. The van der Waals surface area contributed by atoms with E-state index in [0.717, 1.165) is 23.5 Å². The molecule has 1 unspecified atom stereocenters. The molecule has 1 atom stereocenters. The molecule has 21 heavy (non-hydrogen) atoms. The van der Waals surface area contributed by atoms with Gasteiger partial charge in [-0.2, -0.15) is 0 Å². The third-order valence-electron chi connectivity index (χ3n) is 3.26. The average molecular weight is 287 g/mol. The number of hydrogen-bond acceptors (Lipinski definition) is 4. The molecular formula is C17H21NO3. The number of ether oxygens (including phenoxy) is 2. The Morgan fingerprint density at radius 2 is 2.05 bits per heavy atom. The van der Waals surface area contributed by atoms with Crippen molar-refractivity contribution >= 4 is 0 Å². The summed E-state index contributed by atoms with van der Waals surface area (Å²) in [6, 6.07) is 11.4. The van der Waals surface area contributed by atoms with E-state index in [9.17, 15) is 5.11 Å². The molecule has 0 saturated carbocycles. The molecule has 0 amide bonds. The van der Waals surface area contributed by atoms with Gasteiger partial charge in [0.05, 0.1) is 25.5 Å². The minimum absolute atomic E-state index is 0.552. The Morgan fingerprint density at radius 3 is 2.71 bits per heavy atom. The van der Waals surface area contributed by atoms with Crippen LogP contribution in [0.15, 0.2) is 42.6 Å². The number of rotatable bonds is 7. The summed E-state index contributed by atoms with van der Waals surface area (Å²) in [5.74, 6) is 1.47. The first kappa shape index (κ1) is 15.3. The first-order chi connectivity index (χ1) is 10.2. The van der Waals surface area contributed by atoms with Gasteiger partial charge in [0.25, 0.3) is 0 Å². The molecule has 0 aliphatic carbocycles. The van der Waals surface area contributed by atoms with Crippen LogP contribution in [0.25, 0.3) is 0 Å². The molecule has 0 fully saturated rings. The maximum absolute atomic E-state index is 10.1. The van der Waals surface area contributed by atoms with Crippen molar-refractivity contribution in [2.24, 2.45) is 0 Å². The molecule has 0 aliphatic heterocycles. The highest BCUT2D eigenvalue weighted by Crippen LogP contribution is 2.29. The Kier molecular flexibility index (Phi) is 5.58. The molecule has 1 aromatic heterocycles. The van der Waals surface area contributed by atoms with E-state index in [2.05, 4.69) is 4.98 Å². The average Bonchev–Trinajstić information content (AvgIpc) is 2.54. The Hall–Kier alpha value is -2.07. The van der Waals surface area contributed by atoms with Gasteiger partial charge in [-0.25, -0.2) is 0 Å². The lowest BCUT2D eigenvalue weighted by molar-refractivity contribution is 0.163. The van der Waals surface area contributed by atoms with Crippen LogP contribution in [0.4, 0.5) is 0 Å². The lowest BCUT2D eigenvalue weighted by Crippen LogP contribution is -2.02. The fraction of sp³-hybridized carbons (Fsp3) is 0.353. The molecule has 1 aromatic carbocycles. The second kappa shape index (κ2) is 7.64. The van der Waals surface area contributed by atoms with E-state index in [1.165, 1.54) is 0 Å². The van der Waals surface area contributed by atoms with Crippen LogP contribution in [-0.2, 0) is 6.42 Å². The van der Waals surface area contributed by atoms with Crippen LogP contribution < -0.4 is 9.47 Å². The van der Waals surface area contributed by atoms with Crippen LogP contribution in [-0.4, -0.2) is 23.8 Å². The molecule has 1 N–H and O–H groups in total. The number of aryl methyl sites for hydroxylation is 1. The predicted octanol–water partition coefficient (Wildman–Crippen LogP) is 3.16. The molecule has 4 nitrogen and oxygen atoms in total. The van der Waals surface area contributed by atoms with Gasteiger partial charge in [0, 0.05) is 6.20 Å². The van der Waals surface area contributed by atoms with Crippen molar-refractivity contribution in [2.45, 2.75) is 25.9 Å². The van der Waals surface area contributed by atoms with E-state index in [4.69, 9.17) is 9.47 Å². The van der Waals surface area contributed by atoms with Gasteiger partial charge in [0.1, 0.15) is 0 Å². The third kappa shape index (κ3) is 4.20. The van der Waals surface area contributed by atoms with Gasteiger partial charge in [0.2, 0.25) is 0 Å². The summed E-state index contributed by atoms with van der Waals surface area (Å²) in [7, 11) is 1.63. The summed E-state index contributed by atoms with van der Waals surface area (Å²) >= 11 is 0. The van der Waals surface area contributed by atoms with Crippen LogP contribution in [0.1, 0.15) is 30.7 Å². The van der Waals surface area contributed by atoms with Crippen molar-refractivity contribution in [3.8, 4) is 11.5 Å². The van der Waals surface area contributed by atoms with E-state index in [1.54, 1.807) is 13.3 Å². The number of aliphatic hydroxyl groups excluding tert-OH is 1. The number of pyridine rings is 1. The van der Waals surface area contributed by atoms with Crippen molar-refractivity contribution in [3.05, 3.63) is 53.9 Å². The highest BCUT2D eigenvalue weighted by molar-refractivity contribution is 5.43. The van der Waals surface area contributed by atoms with Gasteiger partial charge < -0.3 is 14.6 Å². The zero-order valence-corrected chi connectivity index (χ0v) is 12.5. The molecule has 2 rings (SSSR count). The van der Waals surface area contributed by atoms with Gasteiger partial charge in [-0.3, -0.25) is 4.98 Å². The van der Waals surface area contributed by atoms with Gasteiger partial charge in [-0.15, -0.1) is 0 Å². The fourth-order valence-corrected chi connectivity index (χ4v) is 2.17. The van der Waals surface area contributed by atoms with E-state index in [1.807, 2.05) is 43.3 Å². The SMILES string of the molecule is CCOc1cc(CCC(O)c2ccccn2)ccc1OC. The zero-order chi connectivity index (χ0) is 15.1. The molecule has 4 heteroatoms. The first-order valence-electron chi connectivity index (χ1n) is 7.13. The highest BCUT2D eigenvalue weighted by Gasteiger charge is 2.10. The standard InChI is InChI=1S/C17H21NO3/c1-3-21-17-12-13(8-10-16(17)20-2)7-9-15(19)14-6-4-5-11-18-14/h4-6,8,10-12,15,19H,3,7,9H2,1-2H3. The lowest BCUT2D eigenvalue weighted by atomic mass is 10.0. The number of methoxy groups -OCH3 is 1. The Bertz CT molecular complexity index is 557. The van der Waals surface area contributed by atoms with Crippen molar-refractivity contribution in [3.63, 3.8) is 0 Å². The lowest BCUT2D eigenvalue weighted by Gasteiger charge is -2.13. The van der Waals surface area contributed by atoms with Crippen LogP contribution >= 0.6 is 0 Å². The van der Waals surface area contributed by atoms with Crippen molar-refractivity contribution in [1.82, 2.24) is 4.98 Å². The van der Waals surface area contributed by atoms with Gasteiger partial charge in [-0.1, -0.05) is 12.1 Å². The monoisotopic (exact) mass is 287 g/mol. The van der Waals surface area contributed by atoms with Crippen molar-refractivity contribution < 1.29 is 14.6 Å². The Labute approximate surface area is 125 Å². The van der Waals surface area contributed by atoms with Crippen LogP contribution in [0.2, 0.25) is 0 Å². The summed E-state index contributed by atoms with van der Waals surface area (Å²) in [5, 5.41) is 10.1.